The fraction of sp³-hybridized carbons (Fsp3) is 0.341. The van der Waals surface area contributed by atoms with E-state index in [0.29, 0.717) is 11.3 Å². The molecule has 0 bridgehead atoms. The van der Waals surface area contributed by atoms with E-state index in [9.17, 15) is 1.37 Å². The monoisotopic (exact) mass is 569 g/mol. The number of para-hydroxylation sites is 1. The largest absolute Gasteiger partial charge is 0.455 e. The highest BCUT2D eigenvalue weighted by molar-refractivity contribution is 6.17. The van der Waals surface area contributed by atoms with Crippen molar-refractivity contribution in [3.8, 4) is 22.4 Å². The number of aryl methyl sites for hydroxylation is 2. The normalized spacial score (nSPS) is 20.4. The third-order valence-electron chi connectivity index (χ3n) is 9.57. The molecular weight excluding hydrogens is 522 g/mol. The van der Waals surface area contributed by atoms with Gasteiger partial charge in [0.05, 0.1) is 5.69 Å². The Balaban J connectivity index is 1.39. The number of nitrogens with zero attached hydrogens (tertiary/aromatic N) is 1. The highest BCUT2D eigenvalue weighted by Gasteiger charge is 2.50. The average molecular weight is 570 g/mol. The molecule has 43 heavy (non-hydrogen) atoms. The van der Waals surface area contributed by atoms with Crippen molar-refractivity contribution in [1.29, 1.82) is 0 Å². The first kappa shape index (κ1) is 23.5. The molecule has 1 fully saturated rings. The Morgan fingerprint density at radius 1 is 0.721 bits per heavy atom. The molecular formula is C41H43NO. The summed E-state index contributed by atoms with van der Waals surface area (Å²) in [6.07, 6.45) is 3.41. The van der Waals surface area contributed by atoms with Gasteiger partial charge in [-0.3, -0.25) is 4.98 Å². The number of fused-ring (bicyclic) bond motifs is 5. The van der Waals surface area contributed by atoms with Crippen LogP contribution in [0.1, 0.15) is 82.5 Å². The van der Waals surface area contributed by atoms with Crippen LogP contribution >= 0.6 is 0 Å². The van der Waals surface area contributed by atoms with Gasteiger partial charge in [-0.25, -0.2) is 0 Å². The van der Waals surface area contributed by atoms with Crippen LogP contribution in [0.3, 0.4) is 0 Å². The van der Waals surface area contributed by atoms with Gasteiger partial charge in [0.1, 0.15) is 11.2 Å². The van der Waals surface area contributed by atoms with E-state index < -0.39 is 12.7 Å². The van der Waals surface area contributed by atoms with Crippen molar-refractivity contribution in [3.05, 3.63) is 102 Å². The maximum Gasteiger partial charge on any atom is 0.144 e. The van der Waals surface area contributed by atoms with Gasteiger partial charge in [0.25, 0.3) is 0 Å². The van der Waals surface area contributed by atoms with Gasteiger partial charge in [-0.05, 0) is 100 Å². The Kier molecular flexibility index (Phi) is 5.22. The Hall–Kier alpha value is -3.91. The van der Waals surface area contributed by atoms with Crippen molar-refractivity contribution in [3.63, 3.8) is 0 Å². The van der Waals surface area contributed by atoms with Gasteiger partial charge in [0.15, 0.2) is 0 Å². The lowest BCUT2D eigenvalue weighted by atomic mass is 9.49. The molecule has 0 N–H and O–H groups in total. The molecule has 2 aromatic heterocycles. The molecule has 218 valence electrons. The van der Waals surface area contributed by atoms with Crippen LogP contribution in [0.15, 0.2) is 89.5 Å². The summed E-state index contributed by atoms with van der Waals surface area (Å²) in [7, 11) is 0. The molecule has 0 radical (unpaired) electrons. The predicted molar refractivity (Wildman–Crippen MR) is 183 cm³/mol. The topological polar surface area (TPSA) is 26.0 Å². The zero-order valence-corrected chi connectivity index (χ0v) is 26.4. The third-order valence-corrected chi connectivity index (χ3v) is 9.57. The van der Waals surface area contributed by atoms with Crippen LogP contribution in [0.25, 0.3) is 55.1 Å². The van der Waals surface area contributed by atoms with Crippen molar-refractivity contribution in [2.24, 2.45) is 16.2 Å². The minimum absolute atomic E-state index is 0.143. The molecule has 0 saturated heterocycles. The zero-order chi connectivity index (χ0) is 33.7. The fourth-order valence-corrected chi connectivity index (χ4v) is 9.00. The molecule has 0 spiro atoms. The second-order valence-electron chi connectivity index (χ2n) is 14.8. The van der Waals surface area contributed by atoms with E-state index >= 15 is 0 Å². The van der Waals surface area contributed by atoms with E-state index in [-0.39, 0.29) is 21.8 Å². The van der Waals surface area contributed by atoms with E-state index in [1.54, 1.807) is 0 Å². The number of hydrogen-bond acceptors (Lipinski definition) is 2. The number of hydrogen-bond donors (Lipinski definition) is 0. The minimum atomic E-state index is -2.36. The molecule has 2 nitrogen and oxygen atoms in total. The summed E-state index contributed by atoms with van der Waals surface area (Å²) >= 11 is 0. The molecule has 1 saturated carbocycles. The second kappa shape index (κ2) is 9.55. The Morgan fingerprint density at radius 3 is 2.19 bits per heavy atom. The first-order chi connectivity index (χ1) is 21.9. The highest BCUT2D eigenvalue weighted by Crippen LogP contribution is 2.61. The highest BCUT2D eigenvalue weighted by atomic mass is 16.3. The quantitative estimate of drug-likeness (QED) is 0.212. The molecule has 1 aliphatic carbocycles. The van der Waals surface area contributed by atoms with Crippen molar-refractivity contribution in [2.75, 3.05) is 0 Å². The lowest BCUT2D eigenvalue weighted by Gasteiger charge is -2.56. The molecule has 7 rings (SSSR count). The molecule has 4 aromatic carbocycles. The van der Waals surface area contributed by atoms with Crippen LogP contribution in [-0.2, 0) is 0 Å². The van der Waals surface area contributed by atoms with E-state index in [2.05, 4.69) is 84.0 Å². The first-order valence-corrected chi connectivity index (χ1v) is 15.4. The molecule has 0 unspecified atom stereocenters. The van der Waals surface area contributed by atoms with Crippen LogP contribution in [-0.4, -0.2) is 4.98 Å². The van der Waals surface area contributed by atoms with Crippen LogP contribution in [0.4, 0.5) is 0 Å². The van der Waals surface area contributed by atoms with Crippen molar-refractivity contribution < 1.29 is 9.90 Å². The molecule has 0 atom stereocenters. The Bertz CT molecular complexity index is 2180. The summed E-state index contributed by atoms with van der Waals surface area (Å²) in [5.41, 5.74) is 6.23. The SMILES string of the molecule is [2H]C([2H])([2H])c1cnc(-c2cccc3c2oc2c4ccccc4ccc32)cc1-c1ccc(C2([2H])C(C)(C)CC(C)(C)CC2(C)C)cc1C. The van der Waals surface area contributed by atoms with Crippen LogP contribution in [0.2, 0.25) is 0 Å². The van der Waals surface area contributed by atoms with Crippen molar-refractivity contribution in [2.45, 2.75) is 74.1 Å². The lowest BCUT2D eigenvalue weighted by Crippen LogP contribution is -2.45. The molecule has 6 aromatic rings. The summed E-state index contributed by atoms with van der Waals surface area (Å²) in [6.45, 7) is 13.2. The Labute approximate surface area is 261 Å². The van der Waals surface area contributed by atoms with Gasteiger partial charge in [-0.2, -0.15) is 0 Å². The molecule has 0 amide bonds. The summed E-state index contributed by atoms with van der Waals surface area (Å²) in [6, 6.07) is 26.6. The number of benzene rings is 4. The molecule has 0 aliphatic heterocycles. The van der Waals surface area contributed by atoms with Crippen LogP contribution in [0, 0.1) is 30.0 Å². The van der Waals surface area contributed by atoms with Gasteiger partial charge in [0, 0.05) is 33.4 Å². The maximum absolute atomic E-state index is 10.1. The van der Waals surface area contributed by atoms with E-state index in [0.717, 1.165) is 67.8 Å². The smallest absolute Gasteiger partial charge is 0.144 e. The van der Waals surface area contributed by atoms with Crippen LogP contribution < -0.4 is 0 Å². The predicted octanol–water partition coefficient (Wildman–Crippen LogP) is 12.0. The lowest BCUT2D eigenvalue weighted by molar-refractivity contribution is -0.00953. The van der Waals surface area contributed by atoms with E-state index in [4.69, 9.17) is 13.5 Å². The minimum Gasteiger partial charge on any atom is -0.455 e. The van der Waals surface area contributed by atoms with Gasteiger partial charge >= 0.3 is 0 Å². The number of aromatic nitrogens is 1. The number of pyridine rings is 1. The first-order valence-electron chi connectivity index (χ1n) is 17.4. The summed E-state index contributed by atoms with van der Waals surface area (Å²) < 4.78 is 41.9. The standard InChI is InChI=1S/C41H43NO/c1-25-20-28(38-40(5,6)23-39(3,4)24-41(38,7)8)17-18-29(25)34-21-35(42-22-26(34)2)33-15-11-14-31-32-19-16-27-12-9-10-13-30(27)36(32)43-37(31)33/h9-22,38H,23-24H2,1-8H3/i2D3,38D. The number of furan rings is 1. The second-order valence-corrected chi connectivity index (χ2v) is 14.8. The van der Waals surface area contributed by atoms with E-state index in [1.807, 2.05) is 43.3 Å². The molecule has 1 aliphatic rings. The Morgan fingerprint density at radius 2 is 1.44 bits per heavy atom. The van der Waals surface area contributed by atoms with Gasteiger partial charge < -0.3 is 4.42 Å². The zero-order valence-electron chi connectivity index (χ0n) is 30.4. The van der Waals surface area contributed by atoms with Gasteiger partial charge in [-0.1, -0.05) is 102 Å². The van der Waals surface area contributed by atoms with Crippen LogP contribution in [0.5, 0.6) is 0 Å². The van der Waals surface area contributed by atoms with Crippen molar-refractivity contribution in [1.82, 2.24) is 4.98 Å². The molecule has 2 heterocycles. The summed E-state index contributed by atoms with van der Waals surface area (Å²) in [4.78, 5) is 4.72. The van der Waals surface area contributed by atoms with E-state index in [1.165, 1.54) is 6.20 Å². The van der Waals surface area contributed by atoms with Gasteiger partial charge in [0.2, 0.25) is 0 Å². The average Bonchev–Trinajstić information content (AvgIpc) is 3.37. The third kappa shape index (κ3) is 4.58. The summed E-state index contributed by atoms with van der Waals surface area (Å²) in [5, 5.41) is 4.19. The number of rotatable bonds is 3. The maximum atomic E-state index is 10.1. The molecule has 2 heteroatoms. The summed E-state index contributed by atoms with van der Waals surface area (Å²) in [5.74, 6) is -0.823. The van der Waals surface area contributed by atoms with Gasteiger partial charge in [-0.15, -0.1) is 0 Å². The fourth-order valence-electron chi connectivity index (χ4n) is 9.00. The van der Waals surface area contributed by atoms with Crippen molar-refractivity contribution >= 4 is 32.7 Å².